The lowest BCUT2D eigenvalue weighted by molar-refractivity contribution is 0.409. The van der Waals surface area contributed by atoms with Crippen LogP contribution in [-0.2, 0) is 6.42 Å². The number of methoxy groups -OCH3 is 1. The molecule has 0 amide bonds. The highest BCUT2D eigenvalue weighted by Crippen LogP contribution is 2.25. The average Bonchev–Trinajstić information content (AvgIpc) is 3.24. The number of anilines is 1. The standard InChI is InChI=1S/C22H32N4OS/c1-4-23-22(24-12-9-18-16-17(2)7-8-20(18)27-3)25-19-10-13-26(14-11-19)21-6-5-15-28-21/h5-8,15-16,19H,4,9-14H2,1-3H3,(H2,23,24,25). The molecule has 1 aliphatic rings. The maximum Gasteiger partial charge on any atom is 0.191 e. The molecule has 0 atom stereocenters. The molecule has 6 heteroatoms. The molecule has 0 unspecified atom stereocenters. The van der Waals surface area contributed by atoms with Crippen LogP contribution in [0.4, 0.5) is 5.00 Å². The third kappa shape index (κ3) is 5.64. The molecule has 152 valence electrons. The molecule has 0 aliphatic carbocycles. The van der Waals surface area contributed by atoms with Crippen molar-refractivity contribution in [2.45, 2.75) is 39.2 Å². The molecule has 2 heterocycles. The quantitative estimate of drug-likeness (QED) is 0.548. The molecule has 3 rings (SSSR count). The van der Waals surface area contributed by atoms with Crippen molar-refractivity contribution < 1.29 is 4.74 Å². The van der Waals surface area contributed by atoms with Crippen LogP contribution in [0.15, 0.2) is 40.7 Å². The summed E-state index contributed by atoms with van der Waals surface area (Å²) in [6, 6.07) is 11.1. The van der Waals surface area contributed by atoms with Gasteiger partial charge in [0.05, 0.1) is 12.1 Å². The van der Waals surface area contributed by atoms with E-state index >= 15 is 0 Å². The van der Waals surface area contributed by atoms with E-state index in [9.17, 15) is 0 Å². The first-order valence-corrected chi connectivity index (χ1v) is 11.0. The number of thiophene rings is 1. The number of aliphatic imine (C=N–C) groups is 1. The predicted octanol–water partition coefficient (Wildman–Crippen LogP) is 3.83. The van der Waals surface area contributed by atoms with Crippen molar-refractivity contribution in [2.75, 3.05) is 38.2 Å². The van der Waals surface area contributed by atoms with Gasteiger partial charge in [0.2, 0.25) is 0 Å². The number of rotatable bonds is 7. The SMILES string of the molecule is CCNC(=NCCc1cc(C)ccc1OC)NC1CCN(c2cccs2)CC1. The number of nitrogens with zero attached hydrogens (tertiary/aromatic N) is 2. The largest absolute Gasteiger partial charge is 0.496 e. The van der Waals surface area contributed by atoms with E-state index in [1.54, 1.807) is 7.11 Å². The second kappa shape index (κ2) is 10.4. The van der Waals surface area contributed by atoms with Crippen molar-refractivity contribution in [3.8, 4) is 5.75 Å². The van der Waals surface area contributed by atoms with E-state index in [1.807, 2.05) is 17.4 Å². The Balaban J connectivity index is 1.53. The lowest BCUT2D eigenvalue weighted by atomic mass is 10.1. The van der Waals surface area contributed by atoms with E-state index in [1.165, 1.54) is 16.1 Å². The maximum absolute atomic E-state index is 5.48. The lowest BCUT2D eigenvalue weighted by Gasteiger charge is -2.33. The summed E-state index contributed by atoms with van der Waals surface area (Å²) in [6.07, 6.45) is 3.14. The first-order chi connectivity index (χ1) is 13.7. The van der Waals surface area contributed by atoms with E-state index < -0.39 is 0 Å². The molecule has 1 aliphatic heterocycles. The van der Waals surface area contributed by atoms with E-state index in [2.05, 4.69) is 59.0 Å². The van der Waals surface area contributed by atoms with Gasteiger partial charge in [-0.05, 0) is 62.3 Å². The van der Waals surface area contributed by atoms with Gasteiger partial charge in [-0.15, -0.1) is 11.3 Å². The fourth-order valence-corrected chi connectivity index (χ4v) is 4.38. The van der Waals surface area contributed by atoms with Crippen LogP contribution >= 0.6 is 11.3 Å². The number of nitrogens with one attached hydrogen (secondary N) is 2. The monoisotopic (exact) mass is 400 g/mol. The number of hydrogen-bond acceptors (Lipinski definition) is 4. The van der Waals surface area contributed by atoms with Crippen LogP contribution in [0.1, 0.15) is 30.9 Å². The number of aryl methyl sites for hydroxylation is 1. The van der Waals surface area contributed by atoms with Crippen LogP contribution in [0.2, 0.25) is 0 Å². The second-order valence-electron chi connectivity index (χ2n) is 7.18. The average molecular weight is 401 g/mol. The molecule has 28 heavy (non-hydrogen) atoms. The lowest BCUT2D eigenvalue weighted by Crippen LogP contribution is -2.48. The van der Waals surface area contributed by atoms with Crippen LogP contribution in [0.5, 0.6) is 5.75 Å². The number of guanidine groups is 1. The fourth-order valence-electron chi connectivity index (χ4n) is 3.60. The van der Waals surface area contributed by atoms with E-state index in [0.717, 1.165) is 57.2 Å². The van der Waals surface area contributed by atoms with Crippen molar-refractivity contribution >= 4 is 22.3 Å². The zero-order chi connectivity index (χ0) is 19.8. The number of hydrogen-bond donors (Lipinski definition) is 2. The van der Waals surface area contributed by atoms with Crippen molar-refractivity contribution in [1.82, 2.24) is 10.6 Å². The Morgan fingerprint density at radius 2 is 2.11 bits per heavy atom. The third-order valence-electron chi connectivity index (χ3n) is 5.08. The highest BCUT2D eigenvalue weighted by Gasteiger charge is 2.20. The Morgan fingerprint density at radius 1 is 1.29 bits per heavy atom. The molecule has 0 radical (unpaired) electrons. The molecule has 1 saturated heterocycles. The minimum Gasteiger partial charge on any atom is -0.496 e. The number of benzene rings is 1. The Morgan fingerprint density at radius 3 is 2.79 bits per heavy atom. The Kier molecular flexibility index (Phi) is 7.60. The van der Waals surface area contributed by atoms with Crippen LogP contribution < -0.4 is 20.3 Å². The molecule has 1 aromatic heterocycles. The molecular formula is C22H32N4OS. The van der Waals surface area contributed by atoms with Crippen LogP contribution in [-0.4, -0.2) is 45.3 Å². The van der Waals surface area contributed by atoms with Gasteiger partial charge in [-0.2, -0.15) is 0 Å². The topological polar surface area (TPSA) is 48.9 Å². The highest BCUT2D eigenvalue weighted by molar-refractivity contribution is 7.14. The zero-order valence-electron chi connectivity index (χ0n) is 17.2. The van der Waals surface area contributed by atoms with Crippen molar-refractivity contribution in [3.63, 3.8) is 0 Å². The third-order valence-corrected chi connectivity index (χ3v) is 6.01. The molecule has 1 fully saturated rings. The smallest absolute Gasteiger partial charge is 0.191 e. The number of piperidine rings is 1. The summed E-state index contributed by atoms with van der Waals surface area (Å²) < 4.78 is 5.48. The minimum absolute atomic E-state index is 0.475. The van der Waals surface area contributed by atoms with Crippen LogP contribution in [0.3, 0.4) is 0 Å². The van der Waals surface area contributed by atoms with Crippen molar-refractivity contribution in [3.05, 3.63) is 46.8 Å². The van der Waals surface area contributed by atoms with E-state index in [4.69, 9.17) is 9.73 Å². The Bertz CT molecular complexity index is 752. The normalized spacial score (nSPS) is 15.5. The van der Waals surface area contributed by atoms with Gasteiger partial charge in [-0.25, -0.2) is 0 Å². The van der Waals surface area contributed by atoms with Gasteiger partial charge in [0, 0.05) is 32.2 Å². The summed E-state index contributed by atoms with van der Waals surface area (Å²) in [5.74, 6) is 1.86. The van der Waals surface area contributed by atoms with Gasteiger partial charge in [-0.1, -0.05) is 17.7 Å². The first-order valence-electron chi connectivity index (χ1n) is 10.2. The highest BCUT2D eigenvalue weighted by atomic mass is 32.1. The van der Waals surface area contributed by atoms with Crippen molar-refractivity contribution in [2.24, 2.45) is 4.99 Å². The fraction of sp³-hybridized carbons (Fsp3) is 0.500. The molecule has 2 N–H and O–H groups in total. The molecule has 2 aromatic rings. The zero-order valence-corrected chi connectivity index (χ0v) is 18.0. The van der Waals surface area contributed by atoms with Gasteiger partial charge < -0.3 is 20.3 Å². The summed E-state index contributed by atoms with van der Waals surface area (Å²) in [7, 11) is 1.73. The molecule has 0 saturated carbocycles. The second-order valence-corrected chi connectivity index (χ2v) is 8.11. The van der Waals surface area contributed by atoms with Crippen LogP contribution in [0, 0.1) is 6.92 Å². The van der Waals surface area contributed by atoms with Gasteiger partial charge in [0.15, 0.2) is 5.96 Å². The van der Waals surface area contributed by atoms with Crippen molar-refractivity contribution in [1.29, 1.82) is 0 Å². The van der Waals surface area contributed by atoms with Gasteiger partial charge in [0.25, 0.3) is 0 Å². The molecule has 5 nitrogen and oxygen atoms in total. The summed E-state index contributed by atoms with van der Waals surface area (Å²) in [5, 5.41) is 10.6. The molecule has 0 bridgehead atoms. The summed E-state index contributed by atoms with van der Waals surface area (Å²) in [4.78, 5) is 7.29. The van der Waals surface area contributed by atoms with Gasteiger partial charge >= 0.3 is 0 Å². The van der Waals surface area contributed by atoms with Gasteiger partial charge in [0.1, 0.15) is 5.75 Å². The minimum atomic E-state index is 0.475. The van der Waals surface area contributed by atoms with Crippen LogP contribution in [0.25, 0.3) is 0 Å². The number of ether oxygens (including phenoxy) is 1. The van der Waals surface area contributed by atoms with E-state index in [-0.39, 0.29) is 0 Å². The summed E-state index contributed by atoms with van der Waals surface area (Å²) in [5.41, 5.74) is 2.47. The summed E-state index contributed by atoms with van der Waals surface area (Å²) >= 11 is 1.82. The molecule has 0 spiro atoms. The predicted molar refractivity (Wildman–Crippen MR) is 120 cm³/mol. The maximum atomic E-state index is 5.48. The first kappa shape index (κ1) is 20.5. The Labute approximate surface area is 172 Å². The Hall–Kier alpha value is -2.21. The summed E-state index contributed by atoms with van der Waals surface area (Å²) in [6.45, 7) is 8.02. The van der Waals surface area contributed by atoms with Gasteiger partial charge in [-0.3, -0.25) is 4.99 Å². The molecule has 1 aromatic carbocycles. The van der Waals surface area contributed by atoms with E-state index in [0.29, 0.717) is 6.04 Å². The molecular weight excluding hydrogens is 368 g/mol.